The molecule has 2 heterocycles. The molecule has 0 bridgehead atoms. The number of benzene rings is 2. The number of rotatable bonds is 7. The van der Waals surface area contributed by atoms with Gasteiger partial charge in [0.15, 0.2) is 0 Å². The van der Waals surface area contributed by atoms with E-state index in [1.54, 1.807) is 18.6 Å². The first-order valence-corrected chi connectivity index (χ1v) is 10.7. The van der Waals surface area contributed by atoms with Crippen LogP contribution >= 0.6 is 0 Å². The van der Waals surface area contributed by atoms with Crippen molar-refractivity contribution in [1.82, 2.24) is 14.7 Å². The Morgan fingerprint density at radius 2 is 1.88 bits per heavy atom. The van der Waals surface area contributed by atoms with Gasteiger partial charge in [0.1, 0.15) is 17.3 Å². The molecule has 4 aromatic rings. The van der Waals surface area contributed by atoms with E-state index in [1.165, 1.54) is 0 Å². The second kappa shape index (κ2) is 9.20. The number of nitrogens with one attached hydrogen (secondary N) is 1. The summed E-state index contributed by atoms with van der Waals surface area (Å²) in [6, 6.07) is 9.39. The van der Waals surface area contributed by atoms with Crippen molar-refractivity contribution < 1.29 is 14.1 Å². The molecule has 0 aliphatic rings. The van der Waals surface area contributed by atoms with Gasteiger partial charge in [0.05, 0.1) is 12.0 Å². The van der Waals surface area contributed by atoms with Crippen molar-refractivity contribution >= 4 is 17.3 Å². The molecule has 0 aliphatic heterocycles. The summed E-state index contributed by atoms with van der Waals surface area (Å²) in [6.07, 6.45) is 5.59. The smallest absolute Gasteiger partial charge is 0.226 e. The van der Waals surface area contributed by atoms with Crippen molar-refractivity contribution in [3.05, 3.63) is 71.6 Å². The number of carbonyl (C=O) groups excluding carboxylic acids is 1. The monoisotopic (exact) mass is 445 g/mol. The lowest BCUT2D eigenvalue weighted by Gasteiger charge is -2.16. The molecule has 0 atom stereocenters. The van der Waals surface area contributed by atoms with Gasteiger partial charge in [0, 0.05) is 48.4 Å². The van der Waals surface area contributed by atoms with Crippen molar-refractivity contribution in [3.63, 3.8) is 0 Å². The number of ether oxygens (including phenoxy) is 1. The fraction of sp³-hybridized carbons (Fsp3) is 0.240. The van der Waals surface area contributed by atoms with Crippen LogP contribution in [0.3, 0.4) is 0 Å². The van der Waals surface area contributed by atoms with Gasteiger partial charge in [-0.05, 0) is 68.7 Å². The van der Waals surface area contributed by atoms with Crippen LogP contribution in [-0.2, 0) is 11.3 Å². The molecule has 0 saturated carbocycles. The van der Waals surface area contributed by atoms with E-state index in [4.69, 9.17) is 15.0 Å². The van der Waals surface area contributed by atoms with Crippen LogP contribution in [0.15, 0.2) is 53.6 Å². The first kappa shape index (κ1) is 22.1. The van der Waals surface area contributed by atoms with Crippen LogP contribution < -0.4 is 15.8 Å². The van der Waals surface area contributed by atoms with Crippen LogP contribution in [0.4, 0.5) is 11.4 Å². The molecule has 0 aliphatic carbocycles. The predicted octanol–water partition coefficient (Wildman–Crippen LogP) is 5.18. The summed E-state index contributed by atoms with van der Waals surface area (Å²) in [5.41, 5.74) is 11.9. The highest BCUT2D eigenvalue weighted by Gasteiger charge is 2.15. The van der Waals surface area contributed by atoms with Crippen molar-refractivity contribution in [2.75, 3.05) is 11.1 Å². The summed E-state index contributed by atoms with van der Waals surface area (Å²) in [6.45, 7) is 8.24. The second-order valence-electron chi connectivity index (χ2n) is 8.13. The van der Waals surface area contributed by atoms with Gasteiger partial charge in [0.2, 0.25) is 5.91 Å². The minimum absolute atomic E-state index is 0.0592. The van der Waals surface area contributed by atoms with E-state index in [-0.39, 0.29) is 5.91 Å². The molecule has 0 unspecified atom stereocenters. The molecule has 2 aromatic heterocycles. The van der Waals surface area contributed by atoms with Gasteiger partial charge in [-0.1, -0.05) is 5.16 Å². The van der Waals surface area contributed by atoms with E-state index in [2.05, 4.69) is 15.5 Å². The van der Waals surface area contributed by atoms with Crippen LogP contribution in [-0.4, -0.2) is 20.6 Å². The molecule has 8 heteroatoms. The van der Waals surface area contributed by atoms with E-state index in [0.717, 1.165) is 45.1 Å². The molecular formula is C25H27N5O3. The average Bonchev–Trinajstić information content (AvgIpc) is 3.38. The number of anilines is 2. The van der Waals surface area contributed by atoms with Crippen molar-refractivity contribution in [2.45, 2.75) is 40.7 Å². The third-order valence-electron chi connectivity index (χ3n) is 5.37. The largest absolute Gasteiger partial charge is 0.457 e. The number of hydrogen-bond acceptors (Lipinski definition) is 6. The first-order chi connectivity index (χ1) is 15.8. The van der Waals surface area contributed by atoms with Crippen molar-refractivity contribution in [3.8, 4) is 22.6 Å². The molecule has 1 amide bonds. The summed E-state index contributed by atoms with van der Waals surface area (Å²) >= 11 is 0. The standard InChI is InChI=1S/C25H27N5O3/c1-15-9-21(28-23(31)5-7-30-8-6-27-14-30)10-16(2)25(15)32-22-12-19(11-20(26)13-22)24-17(3)29-33-18(24)4/h6,8-14H,5,7,26H2,1-4H3,(H,28,31). The van der Waals surface area contributed by atoms with E-state index < -0.39 is 0 Å². The number of nitrogens with two attached hydrogens (primary N) is 1. The zero-order valence-electron chi connectivity index (χ0n) is 19.2. The summed E-state index contributed by atoms with van der Waals surface area (Å²) < 4.78 is 13.4. The number of carbonyl (C=O) groups is 1. The molecule has 4 rings (SSSR count). The zero-order valence-corrected chi connectivity index (χ0v) is 19.2. The number of hydrogen-bond donors (Lipinski definition) is 2. The van der Waals surface area contributed by atoms with Crippen LogP contribution in [0.5, 0.6) is 11.5 Å². The molecule has 0 radical (unpaired) electrons. The van der Waals surface area contributed by atoms with Gasteiger partial charge in [0.25, 0.3) is 0 Å². The Hall–Kier alpha value is -4.07. The van der Waals surface area contributed by atoms with Crippen molar-refractivity contribution in [2.24, 2.45) is 0 Å². The van der Waals surface area contributed by atoms with Crippen LogP contribution in [0, 0.1) is 27.7 Å². The SMILES string of the molecule is Cc1cc(NC(=O)CCn2ccnc2)cc(C)c1Oc1cc(N)cc(-c2c(C)noc2C)c1. The average molecular weight is 446 g/mol. The normalized spacial score (nSPS) is 10.9. The highest BCUT2D eigenvalue weighted by atomic mass is 16.5. The first-order valence-electron chi connectivity index (χ1n) is 10.7. The van der Waals surface area contributed by atoms with E-state index >= 15 is 0 Å². The second-order valence-corrected chi connectivity index (χ2v) is 8.13. The Morgan fingerprint density at radius 3 is 2.52 bits per heavy atom. The Balaban J connectivity index is 1.51. The third-order valence-corrected chi connectivity index (χ3v) is 5.37. The van der Waals surface area contributed by atoms with Gasteiger partial charge in [-0.15, -0.1) is 0 Å². The highest BCUT2D eigenvalue weighted by Crippen LogP contribution is 2.36. The fourth-order valence-corrected chi connectivity index (χ4v) is 3.89. The Morgan fingerprint density at radius 1 is 1.12 bits per heavy atom. The molecule has 0 spiro atoms. The number of imidazole rings is 1. The summed E-state index contributed by atoms with van der Waals surface area (Å²) in [5, 5.41) is 6.99. The summed E-state index contributed by atoms with van der Waals surface area (Å²) in [4.78, 5) is 16.3. The maximum absolute atomic E-state index is 12.3. The topological polar surface area (TPSA) is 108 Å². The Kier molecular flexibility index (Phi) is 6.17. The highest BCUT2D eigenvalue weighted by molar-refractivity contribution is 5.91. The Labute approximate surface area is 192 Å². The number of amides is 1. The number of nitrogen functional groups attached to an aromatic ring is 1. The summed E-state index contributed by atoms with van der Waals surface area (Å²) in [7, 11) is 0. The Bertz CT molecular complexity index is 1250. The van der Waals surface area contributed by atoms with Gasteiger partial charge in [-0.2, -0.15) is 0 Å². The lowest BCUT2D eigenvalue weighted by Crippen LogP contribution is -2.14. The van der Waals surface area contributed by atoms with Gasteiger partial charge in [-0.25, -0.2) is 4.98 Å². The van der Waals surface area contributed by atoms with Gasteiger partial charge < -0.3 is 24.9 Å². The summed E-state index contributed by atoms with van der Waals surface area (Å²) in [5.74, 6) is 2.01. The molecule has 0 saturated heterocycles. The van der Waals surface area contributed by atoms with Crippen LogP contribution in [0.1, 0.15) is 29.0 Å². The van der Waals surface area contributed by atoms with Gasteiger partial charge >= 0.3 is 0 Å². The van der Waals surface area contributed by atoms with E-state index in [0.29, 0.717) is 24.4 Å². The molecule has 8 nitrogen and oxygen atoms in total. The molecule has 3 N–H and O–H groups in total. The molecule has 33 heavy (non-hydrogen) atoms. The molecule has 0 fully saturated rings. The van der Waals surface area contributed by atoms with Crippen LogP contribution in [0.25, 0.3) is 11.1 Å². The maximum atomic E-state index is 12.3. The maximum Gasteiger partial charge on any atom is 0.226 e. The lowest BCUT2D eigenvalue weighted by molar-refractivity contribution is -0.116. The fourth-order valence-electron chi connectivity index (χ4n) is 3.89. The van der Waals surface area contributed by atoms with Crippen LogP contribution in [0.2, 0.25) is 0 Å². The predicted molar refractivity (Wildman–Crippen MR) is 127 cm³/mol. The van der Waals surface area contributed by atoms with Crippen molar-refractivity contribution in [1.29, 1.82) is 0 Å². The number of aryl methyl sites for hydroxylation is 5. The van der Waals surface area contributed by atoms with E-state index in [1.807, 2.05) is 62.7 Å². The zero-order chi connectivity index (χ0) is 23.5. The number of aromatic nitrogens is 3. The van der Waals surface area contributed by atoms with E-state index in [9.17, 15) is 4.79 Å². The minimum atomic E-state index is -0.0592. The number of nitrogens with zero attached hydrogens (tertiary/aromatic N) is 3. The molecule has 170 valence electrons. The quantitative estimate of drug-likeness (QED) is 0.380. The van der Waals surface area contributed by atoms with Gasteiger partial charge in [-0.3, -0.25) is 4.79 Å². The third kappa shape index (κ3) is 5.06. The lowest BCUT2D eigenvalue weighted by atomic mass is 10.0. The molecular weight excluding hydrogens is 418 g/mol. The minimum Gasteiger partial charge on any atom is -0.457 e. The molecule has 2 aromatic carbocycles.